The van der Waals surface area contributed by atoms with Crippen LogP contribution < -0.4 is 10.6 Å². The number of fused-ring (bicyclic) bond motifs is 1. The number of benzene rings is 2. The van der Waals surface area contributed by atoms with Crippen LogP contribution >= 0.6 is 23.5 Å². The number of anilines is 2. The highest BCUT2D eigenvalue weighted by molar-refractivity contribution is 7.97. The molecule has 1 fully saturated rings. The third-order valence-electron chi connectivity index (χ3n) is 6.61. The van der Waals surface area contributed by atoms with Crippen molar-refractivity contribution < 1.29 is 0 Å². The Balaban J connectivity index is 1.24. The summed E-state index contributed by atoms with van der Waals surface area (Å²) >= 11 is 8.08. The number of nitrogens with two attached hydrogens (primary N) is 1. The fourth-order valence-corrected chi connectivity index (χ4v) is 5.87. The number of pyridine rings is 3. The molecule has 0 unspecified atom stereocenters. The molecule has 1 aliphatic heterocycles. The van der Waals surface area contributed by atoms with E-state index in [1.807, 2.05) is 61.2 Å². The zero-order valence-corrected chi connectivity index (χ0v) is 21.7. The summed E-state index contributed by atoms with van der Waals surface area (Å²) in [6, 6.07) is 22.6. The molecule has 0 atom stereocenters. The van der Waals surface area contributed by atoms with Gasteiger partial charge >= 0.3 is 0 Å². The van der Waals surface area contributed by atoms with Gasteiger partial charge in [-0.2, -0.15) is 0 Å². The highest BCUT2D eigenvalue weighted by Gasteiger charge is 2.21. The van der Waals surface area contributed by atoms with Crippen LogP contribution in [0.1, 0.15) is 0 Å². The minimum Gasteiger partial charge on any atom is -0.383 e. The number of piperazine rings is 1. The second-order valence-electron chi connectivity index (χ2n) is 8.89. The van der Waals surface area contributed by atoms with E-state index in [2.05, 4.69) is 54.5 Å². The van der Waals surface area contributed by atoms with Crippen molar-refractivity contribution in [1.82, 2.24) is 19.3 Å². The largest absolute Gasteiger partial charge is 0.383 e. The van der Waals surface area contributed by atoms with Gasteiger partial charge in [0.1, 0.15) is 5.82 Å². The van der Waals surface area contributed by atoms with Crippen molar-refractivity contribution in [3.05, 3.63) is 96.5 Å². The lowest BCUT2D eigenvalue weighted by Gasteiger charge is -2.35. The van der Waals surface area contributed by atoms with E-state index in [4.69, 9.17) is 17.3 Å². The average molecular weight is 525 g/mol. The number of nitrogen functional groups attached to an aromatic ring is 1. The van der Waals surface area contributed by atoms with E-state index < -0.39 is 0 Å². The monoisotopic (exact) mass is 524 g/mol. The quantitative estimate of drug-likeness (QED) is 0.266. The molecule has 37 heavy (non-hydrogen) atoms. The predicted molar refractivity (Wildman–Crippen MR) is 154 cm³/mol. The van der Waals surface area contributed by atoms with Gasteiger partial charge in [-0.25, -0.2) is 9.29 Å². The van der Waals surface area contributed by atoms with Gasteiger partial charge in [0.2, 0.25) is 0 Å². The number of hydrogen-bond acceptors (Lipinski definition) is 7. The summed E-state index contributed by atoms with van der Waals surface area (Å²) in [6.45, 7) is 3.60. The maximum absolute atomic E-state index is 6.41. The summed E-state index contributed by atoms with van der Waals surface area (Å²) < 4.78 is 2.34. The zero-order valence-electron chi connectivity index (χ0n) is 20.1. The lowest BCUT2D eigenvalue weighted by atomic mass is 9.98. The molecule has 1 aliphatic rings. The molecule has 6 nitrogen and oxygen atoms in total. The maximum Gasteiger partial charge on any atom is 0.138 e. The van der Waals surface area contributed by atoms with Gasteiger partial charge in [-0.05, 0) is 77.2 Å². The van der Waals surface area contributed by atoms with Crippen molar-refractivity contribution in [2.75, 3.05) is 36.8 Å². The van der Waals surface area contributed by atoms with Crippen molar-refractivity contribution in [2.24, 2.45) is 0 Å². The fraction of sp³-hybridized carbons (Fsp3) is 0.138. The molecular formula is C29H25ClN6S. The van der Waals surface area contributed by atoms with Gasteiger partial charge in [0.05, 0.1) is 21.1 Å². The normalized spacial score (nSPS) is 14.2. The van der Waals surface area contributed by atoms with E-state index in [9.17, 15) is 0 Å². The summed E-state index contributed by atoms with van der Waals surface area (Å²) in [5.74, 6) is 0.544. The van der Waals surface area contributed by atoms with Crippen LogP contribution in [0, 0.1) is 0 Å². The van der Waals surface area contributed by atoms with E-state index in [0.717, 1.165) is 74.9 Å². The zero-order chi connectivity index (χ0) is 25.2. The first-order valence-electron chi connectivity index (χ1n) is 12.1. The van der Waals surface area contributed by atoms with Crippen molar-refractivity contribution in [3.8, 4) is 22.3 Å². The summed E-state index contributed by atoms with van der Waals surface area (Å²) in [5, 5.41) is 1.88. The smallest absolute Gasteiger partial charge is 0.138 e. The molecule has 0 spiro atoms. The third kappa shape index (κ3) is 4.98. The van der Waals surface area contributed by atoms with Gasteiger partial charge < -0.3 is 10.6 Å². The Morgan fingerprint density at radius 3 is 2.41 bits per heavy atom. The Kier molecular flexibility index (Phi) is 6.66. The van der Waals surface area contributed by atoms with E-state index in [1.165, 1.54) is 0 Å². The molecule has 0 radical (unpaired) electrons. The molecule has 8 heteroatoms. The number of hydrogen-bond donors (Lipinski definition) is 1. The van der Waals surface area contributed by atoms with Crippen molar-refractivity contribution in [2.45, 2.75) is 4.90 Å². The van der Waals surface area contributed by atoms with Gasteiger partial charge in [0.15, 0.2) is 0 Å². The Labute approximate surface area is 225 Å². The highest BCUT2D eigenvalue weighted by Crippen LogP contribution is 2.35. The summed E-state index contributed by atoms with van der Waals surface area (Å²) in [5.41, 5.74) is 12.7. The van der Waals surface area contributed by atoms with Crippen molar-refractivity contribution in [1.29, 1.82) is 0 Å². The lowest BCUT2D eigenvalue weighted by molar-refractivity contribution is 0.430. The maximum atomic E-state index is 6.41. The molecule has 5 aromatic rings. The van der Waals surface area contributed by atoms with E-state index in [-0.39, 0.29) is 0 Å². The molecule has 3 aromatic heterocycles. The van der Waals surface area contributed by atoms with Gasteiger partial charge in [0.25, 0.3) is 0 Å². The molecule has 1 saturated heterocycles. The van der Waals surface area contributed by atoms with Crippen LogP contribution in [-0.2, 0) is 0 Å². The van der Waals surface area contributed by atoms with Crippen LogP contribution in [0.3, 0.4) is 0 Å². The van der Waals surface area contributed by atoms with Crippen molar-refractivity contribution >= 4 is 46.0 Å². The molecule has 2 aromatic carbocycles. The second-order valence-corrected chi connectivity index (χ2v) is 10.4. The summed E-state index contributed by atoms with van der Waals surface area (Å²) in [4.78, 5) is 16.6. The Hall–Kier alpha value is -3.65. The first-order chi connectivity index (χ1) is 18.2. The summed E-state index contributed by atoms with van der Waals surface area (Å²) in [7, 11) is 0. The first kappa shape index (κ1) is 23.7. The molecule has 0 bridgehead atoms. The molecule has 0 saturated carbocycles. The molecule has 2 N–H and O–H groups in total. The van der Waals surface area contributed by atoms with E-state index in [0.29, 0.717) is 5.82 Å². The lowest BCUT2D eigenvalue weighted by Crippen LogP contribution is -2.43. The highest BCUT2D eigenvalue weighted by atomic mass is 35.5. The van der Waals surface area contributed by atoms with Gasteiger partial charge in [-0.15, -0.1) is 0 Å². The van der Waals surface area contributed by atoms with Gasteiger partial charge in [0, 0.05) is 61.9 Å². The number of nitrogens with zero attached hydrogens (tertiary/aromatic N) is 5. The van der Waals surface area contributed by atoms with E-state index in [1.54, 1.807) is 11.9 Å². The number of para-hydroxylation sites is 1. The molecule has 0 aliphatic carbocycles. The molecular weight excluding hydrogens is 500 g/mol. The standard InChI is InChI=1S/C29H25ClN6S/c30-25-3-1-2-4-27(25)35-13-15-36(16-14-35)37-28-18-22(19-34-29(28)31)21-5-6-26-24(17-21)23(9-12-33-26)20-7-10-32-11-8-20/h1-12,17-19H,13-16H2,(H2,31,34). The Morgan fingerprint density at radius 1 is 0.784 bits per heavy atom. The van der Waals surface area contributed by atoms with Gasteiger partial charge in [-0.1, -0.05) is 29.8 Å². The molecule has 6 rings (SSSR count). The van der Waals surface area contributed by atoms with Crippen LogP contribution in [0.2, 0.25) is 5.02 Å². The topological polar surface area (TPSA) is 71.2 Å². The van der Waals surface area contributed by atoms with Crippen molar-refractivity contribution in [3.63, 3.8) is 0 Å². The molecule has 0 amide bonds. The Bertz CT molecular complexity index is 1550. The number of aromatic nitrogens is 3. The average Bonchev–Trinajstić information content (AvgIpc) is 2.95. The fourth-order valence-electron chi connectivity index (χ4n) is 4.66. The van der Waals surface area contributed by atoms with Crippen LogP contribution in [0.25, 0.3) is 33.2 Å². The second kappa shape index (κ2) is 10.4. The SMILES string of the molecule is Nc1ncc(-c2ccc3nccc(-c4ccncc4)c3c2)cc1SN1CCN(c2ccccc2Cl)CC1. The van der Waals surface area contributed by atoms with Crippen LogP contribution in [0.5, 0.6) is 0 Å². The minimum absolute atomic E-state index is 0.544. The third-order valence-corrected chi connectivity index (χ3v) is 8.07. The first-order valence-corrected chi connectivity index (χ1v) is 13.3. The van der Waals surface area contributed by atoms with Crippen LogP contribution in [-0.4, -0.2) is 45.4 Å². The van der Waals surface area contributed by atoms with Crippen LogP contribution in [0.15, 0.2) is 96.4 Å². The van der Waals surface area contributed by atoms with E-state index >= 15 is 0 Å². The Morgan fingerprint density at radius 2 is 1.59 bits per heavy atom. The number of rotatable bonds is 5. The molecule has 184 valence electrons. The predicted octanol–water partition coefficient (Wildman–Crippen LogP) is 6.42. The molecule has 4 heterocycles. The minimum atomic E-state index is 0.544. The summed E-state index contributed by atoms with van der Waals surface area (Å²) in [6.07, 6.45) is 7.32. The number of halogens is 1. The van der Waals surface area contributed by atoms with Crippen LogP contribution in [0.4, 0.5) is 11.5 Å². The van der Waals surface area contributed by atoms with Gasteiger partial charge in [-0.3, -0.25) is 9.97 Å².